The van der Waals surface area contributed by atoms with E-state index >= 15 is 0 Å². The van der Waals surface area contributed by atoms with Crippen molar-refractivity contribution >= 4 is 22.7 Å². The molecule has 0 N–H and O–H groups in total. The van der Waals surface area contributed by atoms with Crippen LogP contribution < -0.4 is 0 Å². The lowest BCUT2D eigenvalue weighted by molar-refractivity contribution is 1.30. The molecule has 0 bridgehead atoms. The molecule has 0 aromatic carbocycles. The van der Waals surface area contributed by atoms with Crippen molar-refractivity contribution in [2.75, 3.05) is 0 Å². The maximum Gasteiger partial charge on any atom is 0.136 e. The zero-order valence-corrected chi connectivity index (χ0v) is 8.58. The zero-order valence-electron chi connectivity index (χ0n) is 6.94. The number of rotatable bonds is 1. The van der Waals surface area contributed by atoms with E-state index in [1.807, 2.05) is 13.1 Å². The van der Waals surface area contributed by atoms with E-state index in [-0.39, 0.29) is 0 Å². The van der Waals surface area contributed by atoms with Gasteiger partial charge in [0.15, 0.2) is 0 Å². The Morgan fingerprint density at radius 1 is 1.31 bits per heavy atom. The molecule has 0 saturated carbocycles. The molecule has 0 saturated heterocycles. The number of nitrogens with zero attached hydrogens (tertiary/aromatic N) is 2. The molecule has 2 nitrogen and oxygen atoms in total. The number of aryl methyl sites for hydroxylation is 1. The van der Waals surface area contributed by atoms with Gasteiger partial charge >= 0.3 is 0 Å². The van der Waals surface area contributed by atoms with Gasteiger partial charge < -0.3 is 0 Å². The lowest BCUT2D eigenvalue weighted by Gasteiger charge is -1.83. The van der Waals surface area contributed by atoms with E-state index in [0.29, 0.717) is 0 Å². The quantitative estimate of drug-likeness (QED) is 0.670. The minimum absolute atomic E-state index is 0.862. The van der Waals surface area contributed by atoms with Gasteiger partial charge in [-0.15, -0.1) is 29.1 Å². The third-order valence-electron chi connectivity index (χ3n) is 1.48. The molecule has 0 aliphatic rings. The fourth-order valence-corrected chi connectivity index (χ4v) is 2.47. The van der Waals surface area contributed by atoms with Crippen LogP contribution in [0.5, 0.6) is 0 Å². The van der Waals surface area contributed by atoms with Crippen LogP contribution >= 0.6 is 22.7 Å². The molecule has 13 heavy (non-hydrogen) atoms. The van der Waals surface area contributed by atoms with Gasteiger partial charge in [0.1, 0.15) is 5.01 Å². The molecule has 2 aromatic rings. The van der Waals surface area contributed by atoms with Crippen molar-refractivity contribution in [3.8, 4) is 22.2 Å². The predicted octanol–water partition coefficient (Wildman–Crippen LogP) is 2.56. The Kier molecular flexibility index (Phi) is 2.13. The first-order valence-electron chi connectivity index (χ1n) is 3.65. The second kappa shape index (κ2) is 3.29. The Morgan fingerprint density at radius 3 is 2.69 bits per heavy atom. The summed E-state index contributed by atoms with van der Waals surface area (Å²) in [5.41, 5.74) is 0. The van der Waals surface area contributed by atoms with Gasteiger partial charge in [0, 0.05) is 6.20 Å². The summed E-state index contributed by atoms with van der Waals surface area (Å²) in [6, 6.07) is 0. The maximum absolute atomic E-state index is 5.25. The minimum atomic E-state index is 0.862. The average molecular weight is 206 g/mol. The van der Waals surface area contributed by atoms with E-state index in [1.165, 1.54) is 11.3 Å². The Morgan fingerprint density at radius 2 is 2.15 bits per heavy atom. The van der Waals surface area contributed by atoms with Gasteiger partial charge in [-0.1, -0.05) is 5.92 Å². The van der Waals surface area contributed by atoms with E-state index in [1.54, 1.807) is 17.5 Å². The summed E-state index contributed by atoms with van der Waals surface area (Å²) >= 11 is 3.16. The van der Waals surface area contributed by atoms with E-state index in [4.69, 9.17) is 6.42 Å². The van der Waals surface area contributed by atoms with Crippen molar-refractivity contribution in [1.29, 1.82) is 0 Å². The first-order chi connectivity index (χ1) is 6.29. The van der Waals surface area contributed by atoms with Crippen molar-refractivity contribution in [3.63, 3.8) is 0 Å². The molecular formula is C9H6N2S2. The average Bonchev–Trinajstić information content (AvgIpc) is 2.71. The Labute approximate surface area is 84.3 Å². The third kappa shape index (κ3) is 1.62. The van der Waals surface area contributed by atoms with Crippen LogP contribution in [-0.2, 0) is 0 Å². The number of hydrogen-bond donors (Lipinski definition) is 0. The van der Waals surface area contributed by atoms with Crippen molar-refractivity contribution in [2.45, 2.75) is 6.92 Å². The lowest BCUT2D eigenvalue weighted by Crippen LogP contribution is -1.64. The molecule has 0 aliphatic heterocycles. The number of aromatic nitrogens is 2. The van der Waals surface area contributed by atoms with Crippen LogP contribution in [0.4, 0.5) is 0 Å². The van der Waals surface area contributed by atoms with Crippen LogP contribution in [0.15, 0.2) is 12.4 Å². The highest BCUT2D eigenvalue weighted by Crippen LogP contribution is 2.29. The molecule has 0 atom stereocenters. The Balaban J connectivity index is 2.42. The molecule has 64 valence electrons. The molecule has 0 fully saturated rings. The molecule has 2 heterocycles. The summed E-state index contributed by atoms with van der Waals surface area (Å²) in [5, 5.41) is 2.01. The molecule has 0 unspecified atom stereocenters. The van der Waals surface area contributed by atoms with Gasteiger partial charge in [-0.2, -0.15) is 0 Å². The van der Waals surface area contributed by atoms with Gasteiger partial charge in [0.2, 0.25) is 0 Å². The summed E-state index contributed by atoms with van der Waals surface area (Å²) in [6.07, 6.45) is 8.80. The predicted molar refractivity (Wildman–Crippen MR) is 55.9 cm³/mol. The summed E-state index contributed by atoms with van der Waals surface area (Å²) in [4.78, 5) is 10.3. The Bertz CT molecular complexity index is 462. The van der Waals surface area contributed by atoms with Crippen LogP contribution in [0.25, 0.3) is 9.88 Å². The van der Waals surface area contributed by atoms with E-state index in [0.717, 1.165) is 19.8 Å². The number of terminal acetylenes is 1. The normalized spacial score (nSPS) is 9.85. The van der Waals surface area contributed by atoms with Crippen LogP contribution in [0.1, 0.15) is 9.88 Å². The monoisotopic (exact) mass is 206 g/mol. The molecule has 0 amide bonds. The lowest BCUT2D eigenvalue weighted by atomic mass is 10.5. The molecule has 0 radical (unpaired) electrons. The van der Waals surface area contributed by atoms with Crippen LogP contribution in [-0.4, -0.2) is 9.97 Å². The first-order valence-corrected chi connectivity index (χ1v) is 5.28. The summed E-state index contributed by atoms with van der Waals surface area (Å²) < 4.78 is 0. The highest BCUT2D eigenvalue weighted by Gasteiger charge is 2.05. The fourth-order valence-electron chi connectivity index (χ4n) is 0.915. The minimum Gasteiger partial charge on any atom is -0.249 e. The molecule has 2 rings (SSSR count). The van der Waals surface area contributed by atoms with E-state index < -0.39 is 0 Å². The number of hydrogen-bond acceptors (Lipinski definition) is 4. The van der Waals surface area contributed by atoms with E-state index in [9.17, 15) is 0 Å². The van der Waals surface area contributed by atoms with Crippen molar-refractivity contribution in [1.82, 2.24) is 9.97 Å². The summed E-state index contributed by atoms with van der Waals surface area (Å²) in [7, 11) is 0. The van der Waals surface area contributed by atoms with Crippen LogP contribution in [0, 0.1) is 19.3 Å². The second-order valence-corrected chi connectivity index (χ2v) is 4.68. The van der Waals surface area contributed by atoms with Gasteiger partial charge in [-0.05, 0) is 6.92 Å². The fraction of sp³-hybridized carbons (Fsp3) is 0.111. The van der Waals surface area contributed by atoms with Gasteiger partial charge in [-0.25, -0.2) is 9.97 Å². The van der Waals surface area contributed by atoms with Gasteiger partial charge in [-0.3, -0.25) is 0 Å². The second-order valence-electron chi connectivity index (χ2n) is 2.42. The van der Waals surface area contributed by atoms with Crippen molar-refractivity contribution in [2.24, 2.45) is 0 Å². The zero-order chi connectivity index (χ0) is 9.26. The Hall–Kier alpha value is -1.18. The molecule has 4 heteroatoms. The third-order valence-corrected chi connectivity index (χ3v) is 3.49. The summed E-state index contributed by atoms with van der Waals surface area (Å²) in [5.74, 6) is 2.56. The maximum atomic E-state index is 5.25. The van der Waals surface area contributed by atoms with Crippen LogP contribution in [0.2, 0.25) is 0 Å². The van der Waals surface area contributed by atoms with E-state index in [2.05, 4.69) is 15.9 Å². The summed E-state index contributed by atoms with van der Waals surface area (Å²) in [6.45, 7) is 1.98. The largest absolute Gasteiger partial charge is 0.249 e. The topological polar surface area (TPSA) is 25.8 Å². The smallest absolute Gasteiger partial charge is 0.136 e. The number of thiazole rings is 2. The van der Waals surface area contributed by atoms with Gasteiger partial charge in [0.25, 0.3) is 0 Å². The highest BCUT2D eigenvalue weighted by molar-refractivity contribution is 7.21. The molecule has 0 spiro atoms. The van der Waals surface area contributed by atoms with Crippen molar-refractivity contribution < 1.29 is 0 Å². The first kappa shape index (κ1) is 8.42. The van der Waals surface area contributed by atoms with Gasteiger partial charge in [0.05, 0.1) is 21.0 Å². The van der Waals surface area contributed by atoms with Crippen molar-refractivity contribution in [3.05, 3.63) is 22.3 Å². The molecular weight excluding hydrogens is 200 g/mol. The molecule has 2 aromatic heterocycles. The van der Waals surface area contributed by atoms with Crippen LogP contribution in [0.3, 0.4) is 0 Å². The standard InChI is InChI=1S/C9H6N2S2/c1-3-7-4-11-9(13-7)8-5-10-6(2)12-8/h1,4-5H,2H3. The molecule has 0 aliphatic carbocycles. The highest BCUT2D eigenvalue weighted by atomic mass is 32.1. The SMILES string of the molecule is C#Cc1cnc(-c2cnc(C)s2)s1.